The summed E-state index contributed by atoms with van der Waals surface area (Å²) in [5.41, 5.74) is 0.352. The largest absolute Gasteiger partial charge is 0.456 e. The first-order valence-corrected chi connectivity index (χ1v) is 6.27. The highest BCUT2D eigenvalue weighted by atomic mass is 19.3. The minimum Gasteiger partial charge on any atom is -0.456 e. The fourth-order valence-corrected chi connectivity index (χ4v) is 2.59. The van der Waals surface area contributed by atoms with Gasteiger partial charge < -0.3 is 10.1 Å². The summed E-state index contributed by atoms with van der Waals surface area (Å²) < 4.78 is 30.4. The number of hydrogen-bond acceptors (Lipinski definition) is 3. The molecule has 1 aliphatic carbocycles. The van der Waals surface area contributed by atoms with Crippen molar-refractivity contribution in [1.82, 2.24) is 5.32 Å². The van der Waals surface area contributed by atoms with E-state index in [1.54, 1.807) is 0 Å². The number of carbonyl (C=O) groups excluding carboxylic acids is 1. The second-order valence-electron chi connectivity index (χ2n) is 5.27. The zero-order chi connectivity index (χ0) is 12.5. The molecular weight excluding hydrogens is 228 g/mol. The minimum atomic E-state index is -3.29. The van der Waals surface area contributed by atoms with E-state index in [0.29, 0.717) is 12.0 Å². The van der Waals surface area contributed by atoms with E-state index < -0.39 is 24.4 Å². The fraction of sp³-hybridized carbons (Fsp3) is 0.917. The maximum absolute atomic E-state index is 12.9. The normalized spacial score (nSPS) is 29.8. The molecule has 1 N–H and O–H groups in total. The average molecular weight is 247 g/mol. The lowest BCUT2D eigenvalue weighted by Gasteiger charge is -2.41. The maximum atomic E-state index is 12.9. The van der Waals surface area contributed by atoms with Gasteiger partial charge in [-0.2, -0.15) is 8.78 Å². The van der Waals surface area contributed by atoms with Crippen molar-refractivity contribution < 1.29 is 18.3 Å². The van der Waals surface area contributed by atoms with Crippen molar-refractivity contribution in [3.8, 4) is 0 Å². The molecule has 5 heteroatoms. The molecule has 1 saturated carbocycles. The van der Waals surface area contributed by atoms with E-state index in [0.717, 1.165) is 13.0 Å². The Balaban J connectivity index is 1.71. The van der Waals surface area contributed by atoms with Crippen molar-refractivity contribution in [2.45, 2.75) is 51.1 Å². The van der Waals surface area contributed by atoms with Crippen LogP contribution in [0.3, 0.4) is 0 Å². The Kier molecular flexibility index (Phi) is 3.39. The van der Waals surface area contributed by atoms with Crippen LogP contribution in [0.1, 0.15) is 39.0 Å². The number of hydrogen-bond donors (Lipinski definition) is 1. The molecule has 0 spiro atoms. The topological polar surface area (TPSA) is 38.3 Å². The van der Waals surface area contributed by atoms with Crippen LogP contribution >= 0.6 is 0 Å². The van der Waals surface area contributed by atoms with E-state index in [9.17, 15) is 13.6 Å². The Morgan fingerprint density at radius 3 is 2.59 bits per heavy atom. The van der Waals surface area contributed by atoms with E-state index in [4.69, 9.17) is 0 Å². The first kappa shape index (κ1) is 12.7. The van der Waals surface area contributed by atoms with Gasteiger partial charge in [0, 0.05) is 13.1 Å². The highest BCUT2D eigenvalue weighted by Crippen LogP contribution is 2.43. The SMILES string of the molecule is CCC1(CNCC2CC(F)(F)C(=O)O2)CCC1. The number of esters is 1. The second kappa shape index (κ2) is 4.52. The van der Waals surface area contributed by atoms with Gasteiger partial charge in [0.2, 0.25) is 0 Å². The van der Waals surface area contributed by atoms with E-state index in [2.05, 4.69) is 17.0 Å². The van der Waals surface area contributed by atoms with Crippen molar-refractivity contribution in [3.63, 3.8) is 0 Å². The summed E-state index contributed by atoms with van der Waals surface area (Å²) in [5, 5.41) is 3.17. The Hall–Kier alpha value is -0.710. The molecule has 3 nitrogen and oxygen atoms in total. The van der Waals surface area contributed by atoms with E-state index in [1.165, 1.54) is 19.3 Å². The average Bonchev–Trinajstić information content (AvgIpc) is 2.45. The molecule has 1 aliphatic heterocycles. The van der Waals surface area contributed by atoms with Crippen molar-refractivity contribution in [2.75, 3.05) is 13.1 Å². The van der Waals surface area contributed by atoms with Gasteiger partial charge in [0.25, 0.3) is 0 Å². The van der Waals surface area contributed by atoms with Crippen LogP contribution in [0.2, 0.25) is 0 Å². The third-order valence-corrected chi connectivity index (χ3v) is 4.09. The molecule has 0 aromatic carbocycles. The van der Waals surface area contributed by atoms with Crippen LogP contribution in [-0.4, -0.2) is 31.1 Å². The summed E-state index contributed by atoms with van der Waals surface area (Å²) in [4.78, 5) is 10.8. The molecule has 0 radical (unpaired) electrons. The van der Waals surface area contributed by atoms with Crippen LogP contribution in [0.15, 0.2) is 0 Å². The number of cyclic esters (lactones) is 1. The standard InChI is InChI=1S/C12H19F2NO2/c1-2-11(4-3-5-11)8-15-7-9-6-12(13,14)10(16)17-9/h9,15H,2-8H2,1H3. The fourth-order valence-electron chi connectivity index (χ4n) is 2.59. The van der Waals surface area contributed by atoms with Crippen molar-refractivity contribution in [3.05, 3.63) is 0 Å². The Bertz CT molecular complexity index is 297. The minimum absolute atomic E-state index is 0.336. The highest BCUT2D eigenvalue weighted by molar-refractivity contribution is 5.79. The number of rotatable bonds is 5. The van der Waals surface area contributed by atoms with Gasteiger partial charge in [0.15, 0.2) is 0 Å². The number of ether oxygens (including phenoxy) is 1. The lowest BCUT2D eigenvalue weighted by atomic mass is 9.67. The summed E-state index contributed by atoms with van der Waals surface area (Å²) >= 11 is 0. The van der Waals surface area contributed by atoms with Gasteiger partial charge in [-0.25, -0.2) is 4.79 Å². The van der Waals surface area contributed by atoms with Crippen LogP contribution < -0.4 is 5.32 Å². The molecule has 1 atom stereocenters. The lowest BCUT2D eigenvalue weighted by molar-refractivity contribution is -0.159. The van der Waals surface area contributed by atoms with Gasteiger partial charge in [-0.1, -0.05) is 13.3 Å². The lowest BCUT2D eigenvalue weighted by Crippen LogP contribution is -2.41. The van der Waals surface area contributed by atoms with Gasteiger partial charge in [-0.15, -0.1) is 0 Å². The molecule has 17 heavy (non-hydrogen) atoms. The first-order valence-electron chi connectivity index (χ1n) is 6.27. The summed E-state index contributed by atoms with van der Waals surface area (Å²) in [7, 11) is 0. The molecule has 98 valence electrons. The van der Waals surface area contributed by atoms with Gasteiger partial charge in [0.05, 0.1) is 6.42 Å². The van der Waals surface area contributed by atoms with Gasteiger partial charge in [0.1, 0.15) is 6.10 Å². The first-order chi connectivity index (χ1) is 7.97. The zero-order valence-corrected chi connectivity index (χ0v) is 10.1. The zero-order valence-electron chi connectivity index (χ0n) is 10.1. The van der Waals surface area contributed by atoms with E-state index in [-0.39, 0.29) is 0 Å². The highest BCUT2D eigenvalue weighted by Gasteiger charge is 2.50. The van der Waals surface area contributed by atoms with Crippen molar-refractivity contribution in [1.29, 1.82) is 0 Å². The number of halogens is 2. The molecule has 2 rings (SSSR count). The van der Waals surface area contributed by atoms with Crippen LogP contribution in [-0.2, 0) is 9.53 Å². The Labute approximate surface area is 99.9 Å². The molecule has 0 aromatic heterocycles. The molecule has 2 aliphatic rings. The van der Waals surface area contributed by atoms with Crippen molar-refractivity contribution >= 4 is 5.97 Å². The van der Waals surface area contributed by atoms with Crippen LogP contribution in [0.4, 0.5) is 8.78 Å². The predicted octanol–water partition coefficient (Wildman–Crippen LogP) is 2.11. The Morgan fingerprint density at radius 2 is 2.18 bits per heavy atom. The van der Waals surface area contributed by atoms with E-state index >= 15 is 0 Å². The third kappa shape index (κ3) is 2.59. The summed E-state index contributed by atoms with van der Waals surface area (Å²) in [6.45, 7) is 3.33. The monoisotopic (exact) mass is 247 g/mol. The molecule has 1 unspecified atom stereocenters. The van der Waals surface area contributed by atoms with Crippen LogP contribution in [0, 0.1) is 5.41 Å². The molecule has 1 saturated heterocycles. The molecular formula is C12H19F2NO2. The number of nitrogens with one attached hydrogen (secondary N) is 1. The van der Waals surface area contributed by atoms with Crippen molar-refractivity contribution in [2.24, 2.45) is 5.41 Å². The predicted molar refractivity (Wildman–Crippen MR) is 58.9 cm³/mol. The quantitative estimate of drug-likeness (QED) is 0.756. The summed E-state index contributed by atoms with van der Waals surface area (Å²) in [6.07, 6.45) is 3.62. The Morgan fingerprint density at radius 1 is 1.47 bits per heavy atom. The molecule has 2 fully saturated rings. The third-order valence-electron chi connectivity index (χ3n) is 4.09. The summed E-state index contributed by atoms with van der Waals surface area (Å²) in [6, 6.07) is 0. The molecule has 1 heterocycles. The molecule has 0 aromatic rings. The molecule has 0 amide bonds. The molecule has 0 bridgehead atoms. The number of alkyl halides is 2. The second-order valence-corrected chi connectivity index (χ2v) is 5.27. The maximum Gasteiger partial charge on any atom is 0.377 e. The summed E-state index contributed by atoms with van der Waals surface area (Å²) in [5.74, 6) is -4.66. The van der Waals surface area contributed by atoms with Gasteiger partial charge >= 0.3 is 11.9 Å². The van der Waals surface area contributed by atoms with Crippen LogP contribution in [0.5, 0.6) is 0 Å². The van der Waals surface area contributed by atoms with Crippen LogP contribution in [0.25, 0.3) is 0 Å². The smallest absolute Gasteiger partial charge is 0.377 e. The van der Waals surface area contributed by atoms with Gasteiger partial charge in [-0.3, -0.25) is 0 Å². The number of carbonyl (C=O) groups is 1. The van der Waals surface area contributed by atoms with E-state index in [1.807, 2.05) is 0 Å². The van der Waals surface area contributed by atoms with Gasteiger partial charge in [-0.05, 0) is 24.7 Å².